The predicted molar refractivity (Wildman–Crippen MR) is 92.9 cm³/mol. The van der Waals surface area contributed by atoms with Gasteiger partial charge < -0.3 is 10.0 Å². The largest absolute Gasteiger partial charge is 0.481 e. The fourth-order valence-electron chi connectivity index (χ4n) is 3.33. The Morgan fingerprint density at radius 1 is 0.893 bits per heavy atom. The first-order chi connectivity index (χ1) is 13.2. The first-order valence-electron chi connectivity index (χ1n) is 8.47. The van der Waals surface area contributed by atoms with E-state index in [0.717, 1.165) is 4.90 Å². The minimum atomic E-state index is -4.74. The molecule has 1 aliphatic heterocycles. The molecule has 0 bridgehead atoms. The van der Waals surface area contributed by atoms with Gasteiger partial charge >= 0.3 is 12.1 Å². The number of alkyl halides is 3. The van der Waals surface area contributed by atoms with Crippen molar-refractivity contribution in [2.75, 3.05) is 13.1 Å². The van der Waals surface area contributed by atoms with Gasteiger partial charge in [-0.3, -0.25) is 14.4 Å². The number of carboxylic acids is 1. The second kappa shape index (κ2) is 7.46. The Labute approximate surface area is 158 Å². The van der Waals surface area contributed by atoms with Crippen LogP contribution in [-0.4, -0.2) is 46.9 Å². The number of aliphatic carboxylic acids is 1. The summed E-state index contributed by atoms with van der Waals surface area (Å²) in [6.45, 7) is -1.32. The second-order valence-electron chi connectivity index (χ2n) is 6.54. The van der Waals surface area contributed by atoms with Gasteiger partial charge in [-0.25, -0.2) is 0 Å². The molecule has 2 atom stereocenters. The van der Waals surface area contributed by atoms with E-state index in [1.54, 1.807) is 36.4 Å². The molecule has 1 aliphatic rings. The van der Waals surface area contributed by atoms with Gasteiger partial charge in [-0.05, 0) is 6.07 Å². The number of benzene rings is 2. The average Bonchev–Trinajstić information content (AvgIpc) is 3.14. The quantitative estimate of drug-likeness (QED) is 0.812. The lowest BCUT2D eigenvalue weighted by molar-refractivity contribution is -0.187. The van der Waals surface area contributed by atoms with Crippen LogP contribution in [0.3, 0.4) is 0 Å². The smallest absolute Gasteiger partial charge is 0.394 e. The highest BCUT2D eigenvalue weighted by Gasteiger charge is 2.53. The van der Waals surface area contributed by atoms with E-state index in [-0.39, 0.29) is 11.1 Å². The Morgan fingerprint density at radius 3 is 2.00 bits per heavy atom. The van der Waals surface area contributed by atoms with Gasteiger partial charge in [0.15, 0.2) is 5.78 Å². The lowest BCUT2D eigenvalue weighted by Gasteiger charge is -2.19. The van der Waals surface area contributed by atoms with Crippen LogP contribution in [-0.2, 0) is 4.79 Å². The summed E-state index contributed by atoms with van der Waals surface area (Å²) in [4.78, 5) is 37.7. The van der Waals surface area contributed by atoms with Gasteiger partial charge in [-0.1, -0.05) is 48.5 Å². The maximum absolute atomic E-state index is 13.2. The first-order valence-corrected chi connectivity index (χ1v) is 8.47. The van der Waals surface area contributed by atoms with Crippen molar-refractivity contribution >= 4 is 17.7 Å². The summed E-state index contributed by atoms with van der Waals surface area (Å²) in [6.07, 6.45) is -4.74. The number of ketones is 1. The molecule has 2 aromatic carbocycles. The molecule has 1 heterocycles. The SMILES string of the molecule is O=C(c1ccccc1)c1ccccc1C(=O)N1C[C@@H](C(F)(F)F)[C@H](C(=O)O)C1. The van der Waals surface area contributed by atoms with E-state index in [2.05, 4.69) is 0 Å². The molecule has 0 spiro atoms. The number of carbonyl (C=O) groups is 3. The van der Waals surface area contributed by atoms with E-state index in [0.29, 0.717) is 5.56 Å². The average molecular weight is 391 g/mol. The summed E-state index contributed by atoms with van der Waals surface area (Å²) in [5, 5.41) is 9.12. The van der Waals surface area contributed by atoms with Crippen LogP contribution in [0.15, 0.2) is 54.6 Å². The summed E-state index contributed by atoms with van der Waals surface area (Å²) in [7, 11) is 0. The Hall–Kier alpha value is -3.16. The summed E-state index contributed by atoms with van der Waals surface area (Å²) >= 11 is 0. The van der Waals surface area contributed by atoms with Crippen molar-refractivity contribution in [2.24, 2.45) is 11.8 Å². The molecule has 2 aromatic rings. The Kier molecular flexibility index (Phi) is 5.22. The first kappa shape index (κ1) is 19.6. The van der Waals surface area contributed by atoms with Crippen LogP contribution in [0.5, 0.6) is 0 Å². The summed E-state index contributed by atoms with van der Waals surface area (Å²) < 4.78 is 39.6. The maximum Gasteiger partial charge on any atom is 0.394 e. The van der Waals surface area contributed by atoms with E-state index >= 15 is 0 Å². The third kappa shape index (κ3) is 3.76. The number of carbonyl (C=O) groups excluding carboxylic acids is 2. The molecule has 0 unspecified atom stereocenters. The molecule has 1 N–H and O–H groups in total. The molecule has 28 heavy (non-hydrogen) atoms. The Balaban J connectivity index is 1.92. The molecule has 1 saturated heterocycles. The summed E-state index contributed by atoms with van der Waals surface area (Å²) in [5.41, 5.74) is 0.338. The zero-order valence-electron chi connectivity index (χ0n) is 14.5. The van der Waals surface area contributed by atoms with Crippen molar-refractivity contribution in [3.63, 3.8) is 0 Å². The highest BCUT2D eigenvalue weighted by molar-refractivity contribution is 6.15. The molecule has 0 aliphatic carbocycles. The predicted octanol–water partition coefficient (Wildman–Crippen LogP) is 3.25. The van der Waals surface area contributed by atoms with E-state index < -0.39 is 48.8 Å². The molecule has 1 fully saturated rings. The van der Waals surface area contributed by atoms with Crippen LogP contribution in [0.4, 0.5) is 13.2 Å². The number of hydrogen-bond acceptors (Lipinski definition) is 3. The number of carboxylic acid groups (broad SMARTS) is 1. The van der Waals surface area contributed by atoms with Gasteiger partial charge in [0.1, 0.15) is 0 Å². The number of rotatable bonds is 4. The van der Waals surface area contributed by atoms with Gasteiger partial charge in [0.25, 0.3) is 5.91 Å². The topological polar surface area (TPSA) is 74.7 Å². The van der Waals surface area contributed by atoms with Crippen LogP contribution in [0.25, 0.3) is 0 Å². The number of halogens is 3. The minimum Gasteiger partial charge on any atom is -0.481 e. The third-order valence-corrected chi connectivity index (χ3v) is 4.78. The summed E-state index contributed by atoms with van der Waals surface area (Å²) in [5.74, 6) is -6.72. The Bertz CT molecular complexity index is 911. The Morgan fingerprint density at radius 2 is 1.46 bits per heavy atom. The zero-order chi connectivity index (χ0) is 20.5. The van der Waals surface area contributed by atoms with Crippen molar-refractivity contribution in [1.29, 1.82) is 0 Å². The normalized spacial score (nSPS) is 19.5. The van der Waals surface area contributed by atoms with Gasteiger partial charge in [-0.15, -0.1) is 0 Å². The number of hydrogen-bond donors (Lipinski definition) is 1. The highest BCUT2D eigenvalue weighted by Crippen LogP contribution is 2.38. The molecule has 3 rings (SSSR count). The van der Waals surface area contributed by atoms with E-state index in [1.165, 1.54) is 18.2 Å². The monoisotopic (exact) mass is 391 g/mol. The van der Waals surface area contributed by atoms with Crippen molar-refractivity contribution in [3.05, 3.63) is 71.3 Å². The lowest BCUT2D eigenvalue weighted by atomic mass is 9.96. The van der Waals surface area contributed by atoms with Crippen molar-refractivity contribution < 1.29 is 32.7 Å². The number of amides is 1. The van der Waals surface area contributed by atoms with Gasteiger partial charge in [-0.2, -0.15) is 13.2 Å². The van der Waals surface area contributed by atoms with Crippen LogP contribution in [0.2, 0.25) is 0 Å². The second-order valence-corrected chi connectivity index (χ2v) is 6.54. The van der Waals surface area contributed by atoms with Gasteiger partial charge in [0.2, 0.25) is 0 Å². The van der Waals surface area contributed by atoms with E-state index in [9.17, 15) is 27.6 Å². The lowest BCUT2D eigenvalue weighted by Crippen LogP contribution is -2.34. The third-order valence-electron chi connectivity index (χ3n) is 4.78. The highest BCUT2D eigenvalue weighted by atomic mass is 19.4. The number of nitrogens with zero attached hydrogens (tertiary/aromatic N) is 1. The number of likely N-dealkylation sites (tertiary alicyclic amines) is 1. The van der Waals surface area contributed by atoms with Crippen LogP contribution >= 0.6 is 0 Å². The molecule has 8 heteroatoms. The van der Waals surface area contributed by atoms with Crippen LogP contribution in [0, 0.1) is 11.8 Å². The fraction of sp³-hybridized carbons (Fsp3) is 0.250. The van der Waals surface area contributed by atoms with Gasteiger partial charge in [0, 0.05) is 24.2 Å². The molecular weight excluding hydrogens is 375 g/mol. The van der Waals surface area contributed by atoms with Crippen molar-refractivity contribution in [2.45, 2.75) is 6.18 Å². The molecule has 0 saturated carbocycles. The molecule has 0 aromatic heterocycles. The maximum atomic E-state index is 13.2. The molecule has 1 amide bonds. The van der Waals surface area contributed by atoms with Crippen molar-refractivity contribution in [1.82, 2.24) is 4.90 Å². The molecular formula is C20H16F3NO4. The van der Waals surface area contributed by atoms with Crippen molar-refractivity contribution in [3.8, 4) is 0 Å². The minimum absolute atomic E-state index is 0.0525. The standard InChI is InChI=1S/C20H16F3NO4/c21-20(22,23)16-11-24(10-15(16)19(27)28)18(26)14-9-5-4-8-13(14)17(25)12-6-2-1-3-7-12/h1-9,15-16H,10-11H2,(H,27,28)/t15-,16-/m1/s1. The molecule has 0 radical (unpaired) electrons. The van der Waals surface area contributed by atoms with Gasteiger partial charge in [0.05, 0.1) is 17.4 Å². The summed E-state index contributed by atoms with van der Waals surface area (Å²) in [6, 6.07) is 14.0. The van der Waals surface area contributed by atoms with E-state index in [1.807, 2.05) is 0 Å². The van der Waals surface area contributed by atoms with Crippen LogP contribution in [0.1, 0.15) is 26.3 Å². The van der Waals surface area contributed by atoms with E-state index in [4.69, 9.17) is 5.11 Å². The molecule has 146 valence electrons. The molecule has 5 nitrogen and oxygen atoms in total. The van der Waals surface area contributed by atoms with Crippen LogP contribution < -0.4 is 0 Å². The fourth-order valence-corrected chi connectivity index (χ4v) is 3.33. The zero-order valence-corrected chi connectivity index (χ0v) is 14.5.